The number of carbonyl (C=O) groups is 1. The molecule has 0 fully saturated rings. The van der Waals surface area contributed by atoms with Gasteiger partial charge >= 0.3 is 0 Å². The van der Waals surface area contributed by atoms with E-state index in [9.17, 15) is 4.79 Å². The number of pyridine rings is 2. The third-order valence-corrected chi connectivity index (χ3v) is 4.17. The number of anilines is 2. The number of benzene rings is 1. The number of nitrogens with zero attached hydrogens (tertiary/aromatic N) is 4. The van der Waals surface area contributed by atoms with Crippen molar-refractivity contribution in [2.75, 3.05) is 5.32 Å². The van der Waals surface area contributed by atoms with Crippen LogP contribution in [-0.4, -0.2) is 25.8 Å². The Bertz CT molecular complexity index is 1120. The second-order valence-corrected chi connectivity index (χ2v) is 6.23. The maximum atomic E-state index is 12.5. The third kappa shape index (κ3) is 3.93. The van der Waals surface area contributed by atoms with Crippen LogP contribution in [0, 0.1) is 6.92 Å². The van der Waals surface area contributed by atoms with Crippen LogP contribution < -0.4 is 10.6 Å². The third-order valence-electron chi connectivity index (χ3n) is 4.17. The zero-order valence-electron chi connectivity index (χ0n) is 15.3. The zero-order chi connectivity index (χ0) is 19.3. The van der Waals surface area contributed by atoms with E-state index in [1.165, 1.54) is 0 Å². The first kappa shape index (κ1) is 17.5. The maximum absolute atomic E-state index is 12.5. The Morgan fingerprint density at radius 2 is 1.82 bits per heavy atom. The van der Waals surface area contributed by atoms with Crippen LogP contribution in [0.25, 0.3) is 10.9 Å². The summed E-state index contributed by atoms with van der Waals surface area (Å²) in [5.74, 6) is 0.786. The molecule has 0 bridgehead atoms. The van der Waals surface area contributed by atoms with Crippen molar-refractivity contribution >= 4 is 28.3 Å². The highest BCUT2D eigenvalue weighted by Crippen LogP contribution is 2.24. The van der Waals surface area contributed by atoms with Crippen LogP contribution in [0.15, 0.2) is 67.1 Å². The van der Waals surface area contributed by atoms with E-state index in [-0.39, 0.29) is 5.91 Å². The van der Waals surface area contributed by atoms with Crippen LogP contribution in [0.4, 0.5) is 11.5 Å². The van der Waals surface area contributed by atoms with Gasteiger partial charge in [0, 0.05) is 36.6 Å². The molecule has 0 radical (unpaired) electrons. The molecular formula is C21H18N6O. The lowest BCUT2D eigenvalue weighted by molar-refractivity contribution is 0.0945. The molecule has 0 aliphatic heterocycles. The van der Waals surface area contributed by atoms with Gasteiger partial charge in [0.05, 0.1) is 11.2 Å². The Labute approximate surface area is 161 Å². The van der Waals surface area contributed by atoms with Gasteiger partial charge in [0.2, 0.25) is 0 Å². The Kier molecular flexibility index (Phi) is 4.88. The van der Waals surface area contributed by atoms with E-state index < -0.39 is 0 Å². The van der Waals surface area contributed by atoms with Gasteiger partial charge in [0.1, 0.15) is 17.3 Å². The topological polar surface area (TPSA) is 92.7 Å². The minimum Gasteiger partial charge on any atom is -0.347 e. The quantitative estimate of drug-likeness (QED) is 0.559. The van der Waals surface area contributed by atoms with Gasteiger partial charge in [-0.1, -0.05) is 18.2 Å². The fourth-order valence-corrected chi connectivity index (χ4v) is 2.86. The van der Waals surface area contributed by atoms with Crippen molar-refractivity contribution in [1.82, 2.24) is 25.3 Å². The predicted molar refractivity (Wildman–Crippen MR) is 107 cm³/mol. The van der Waals surface area contributed by atoms with Crippen molar-refractivity contribution in [3.05, 3.63) is 84.2 Å². The zero-order valence-corrected chi connectivity index (χ0v) is 15.3. The Morgan fingerprint density at radius 3 is 2.68 bits per heavy atom. The standard InChI is InChI=1S/C21H18N6O/c1-14-25-18(21(28)24-13-15-7-10-22-11-8-15)12-19(26-14)27-17-6-2-4-16-5-3-9-23-20(16)17/h2-12H,13H2,1H3,(H,24,28)(H,25,26,27). The van der Waals surface area contributed by atoms with Gasteiger partial charge in [-0.05, 0) is 36.8 Å². The van der Waals surface area contributed by atoms with Gasteiger partial charge in [-0.15, -0.1) is 0 Å². The van der Waals surface area contributed by atoms with Crippen molar-refractivity contribution in [2.45, 2.75) is 13.5 Å². The maximum Gasteiger partial charge on any atom is 0.270 e. The first-order valence-electron chi connectivity index (χ1n) is 8.82. The second-order valence-electron chi connectivity index (χ2n) is 6.23. The summed E-state index contributed by atoms with van der Waals surface area (Å²) in [6.07, 6.45) is 5.13. The van der Waals surface area contributed by atoms with E-state index in [1.807, 2.05) is 42.5 Å². The van der Waals surface area contributed by atoms with E-state index in [0.717, 1.165) is 22.2 Å². The summed E-state index contributed by atoms with van der Waals surface area (Å²) in [5, 5.41) is 7.14. The summed E-state index contributed by atoms with van der Waals surface area (Å²) in [6, 6.07) is 15.1. The molecule has 2 N–H and O–H groups in total. The molecule has 7 nitrogen and oxygen atoms in total. The van der Waals surface area contributed by atoms with Crippen molar-refractivity contribution in [2.24, 2.45) is 0 Å². The van der Waals surface area contributed by atoms with E-state index >= 15 is 0 Å². The number of fused-ring (bicyclic) bond motifs is 1. The first-order chi connectivity index (χ1) is 13.7. The molecule has 138 valence electrons. The second kappa shape index (κ2) is 7.79. The van der Waals surface area contributed by atoms with Crippen LogP contribution in [0.3, 0.4) is 0 Å². The number of aromatic nitrogens is 4. The molecule has 28 heavy (non-hydrogen) atoms. The van der Waals surface area contributed by atoms with Crippen molar-refractivity contribution < 1.29 is 4.79 Å². The smallest absolute Gasteiger partial charge is 0.270 e. The number of amides is 1. The number of para-hydroxylation sites is 1. The summed E-state index contributed by atoms with van der Waals surface area (Å²) in [7, 11) is 0. The lowest BCUT2D eigenvalue weighted by atomic mass is 10.2. The molecule has 0 aliphatic rings. The molecule has 0 spiro atoms. The molecule has 4 aromatic rings. The fraction of sp³-hybridized carbons (Fsp3) is 0.0952. The summed E-state index contributed by atoms with van der Waals surface area (Å²) in [5.41, 5.74) is 2.93. The summed E-state index contributed by atoms with van der Waals surface area (Å²) >= 11 is 0. The molecule has 0 atom stereocenters. The number of hydrogen-bond acceptors (Lipinski definition) is 6. The van der Waals surface area contributed by atoms with Gasteiger partial charge < -0.3 is 10.6 Å². The average molecular weight is 370 g/mol. The molecule has 0 saturated carbocycles. The molecular weight excluding hydrogens is 352 g/mol. The molecule has 1 amide bonds. The van der Waals surface area contributed by atoms with E-state index in [1.54, 1.807) is 31.6 Å². The van der Waals surface area contributed by atoms with Crippen molar-refractivity contribution in [3.63, 3.8) is 0 Å². The van der Waals surface area contributed by atoms with Crippen molar-refractivity contribution in [3.8, 4) is 0 Å². The lowest BCUT2D eigenvalue weighted by Crippen LogP contribution is -2.24. The molecule has 0 saturated heterocycles. The SMILES string of the molecule is Cc1nc(Nc2cccc3cccnc23)cc(C(=O)NCc2ccncc2)n1. The van der Waals surface area contributed by atoms with Gasteiger partial charge in [-0.2, -0.15) is 0 Å². The fourth-order valence-electron chi connectivity index (χ4n) is 2.86. The first-order valence-corrected chi connectivity index (χ1v) is 8.82. The average Bonchev–Trinajstić information content (AvgIpc) is 2.72. The molecule has 4 rings (SSSR count). The highest BCUT2D eigenvalue weighted by Gasteiger charge is 2.11. The predicted octanol–water partition coefficient (Wildman–Crippen LogP) is 3.40. The molecule has 1 aromatic carbocycles. The van der Waals surface area contributed by atoms with Crippen LogP contribution in [0.2, 0.25) is 0 Å². The Balaban J connectivity index is 1.56. The van der Waals surface area contributed by atoms with E-state index in [0.29, 0.717) is 23.9 Å². The van der Waals surface area contributed by atoms with E-state index in [4.69, 9.17) is 0 Å². The number of hydrogen-bond donors (Lipinski definition) is 2. The number of nitrogens with one attached hydrogen (secondary N) is 2. The normalized spacial score (nSPS) is 10.6. The van der Waals surface area contributed by atoms with Gasteiger partial charge in [0.15, 0.2) is 0 Å². The molecule has 0 unspecified atom stereocenters. The summed E-state index contributed by atoms with van der Waals surface area (Å²) in [4.78, 5) is 29.6. The monoisotopic (exact) mass is 370 g/mol. The molecule has 3 heterocycles. The lowest BCUT2D eigenvalue weighted by Gasteiger charge is -2.11. The van der Waals surface area contributed by atoms with E-state index in [2.05, 4.69) is 30.6 Å². The van der Waals surface area contributed by atoms with Crippen LogP contribution in [0.1, 0.15) is 21.9 Å². The van der Waals surface area contributed by atoms with Gasteiger partial charge in [-0.3, -0.25) is 14.8 Å². The number of carbonyl (C=O) groups excluding carboxylic acids is 1. The Hall–Kier alpha value is -3.87. The van der Waals surface area contributed by atoms with Crippen LogP contribution >= 0.6 is 0 Å². The van der Waals surface area contributed by atoms with Crippen molar-refractivity contribution in [1.29, 1.82) is 0 Å². The highest BCUT2D eigenvalue weighted by atomic mass is 16.1. The largest absolute Gasteiger partial charge is 0.347 e. The molecule has 7 heteroatoms. The highest BCUT2D eigenvalue weighted by molar-refractivity contribution is 5.94. The van der Waals surface area contributed by atoms with Gasteiger partial charge in [0.25, 0.3) is 5.91 Å². The minimum absolute atomic E-state index is 0.263. The number of rotatable bonds is 5. The molecule has 3 aromatic heterocycles. The minimum atomic E-state index is -0.263. The summed E-state index contributed by atoms with van der Waals surface area (Å²) < 4.78 is 0. The summed E-state index contributed by atoms with van der Waals surface area (Å²) in [6.45, 7) is 2.16. The number of aryl methyl sites for hydroxylation is 1. The van der Waals surface area contributed by atoms with Crippen LogP contribution in [-0.2, 0) is 6.54 Å². The van der Waals surface area contributed by atoms with Gasteiger partial charge in [-0.25, -0.2) is 9.97 Å². The Morgan fingerprint density at radius 1 is 1.00 bits per heavy atom. The van der Waals surface area contributed by atoms with Crippen LogP contribution in [0.5, 0.6) is 0 Å². The molecule has 0 aliphatic carbocycles.